The summed E-state index contributed by atoms with van der Waals surface area (Å²) in [4.78, 5) is 24.9. The van der Waals surface area contributed by atoms with E-state index in [9.17, 15) is 19.1 Å². The molecule has 1 amide bonds. The molecule has 5 nitrogen and oxygen atoms in total. The number of hydrogen-bond acceptors (Lipinski definition) is 3. The second kappa shape index (κ2) is 5.35. The van der Waals surface area contributed by atoms with Crippen molar-refractivity contribution in [1.29, 1.82) is 0 Å². The van der Waals surface area contributed by atoms with E-state index >= 15 is 0 Å². The summed E-state index contributed by atoms with van der Waals surface area (Å²) in [5.41, 5.74) is 5.24. The highest BCUT2D eigenvalue weighted by atomic mass is 19.1. The standard InChI is InChI=1S/C15H19FN2O3/c1-15(2)6-3-7-18(12(15)14(20)21)11-5-4-9(16)8-10(11)13(17)19/h4-5,8,12H,3,6-7H2,1-2H3,(H2,17,19)(H,20,21). The number of primary amides is 1. The Morgan fingerprint density at radius 2 is 2.10 bits per heavy atom. The molecule has 1 atom stereocenters. The molecule has 3 N–H and O–H groups in total. The van der Waals surface area contributed by atoms with Crippen LogP contribution in [0.5, 0.6) is 0 Å². The molecule has 6 heteroatoms. The summed E-state index contributed by atoms with van der Waals surface area (Å²) in [5.74, 6) is -2.30. The van der Waals surface area contributed by atoms with E-state index < -0.39 is 29.2 Å². The number of carbonyl (C=O) groups is 2. The van der Waals surface area contributed by atoms with Gasteiger partial charge >= 0.3 is 5.97 Å². The number of hydrogen-bond donors (Lipinski definition) is 2. The van der Waals surface area contributed by atoms with Gasteiger partial charge in [0.25, 0.3) is 5.91 Å². The molecule has 0 radical (unpaired) electrons. The monoisotopic (exact) mass is 294 g/mol. The molecular weight excluding hydrogens is 275 g/mol. The highest BCUT2D eigenvalue weighted by Gasteiger charge is 2.43. The summed E-state index contributed by atoms with van der Waals surface area (Å²) < 4.78 is 13.3. The topological polar surface area (TPSA) is 83.6 Å². The van der Waals surface area contributed by atoms with Gasteiger partial charge in [0.15, 0.2) is 0 Å². The van der Waals surface area contributed by atoms with Crippen molar-refractivity contribution in [1.82, 2.24) is 0 Å². The van der Waals surface area contributed by atoms with Crippen molar-refractivity contribution in [3.63, 3.8) is 0 Å². The number of nitrogens with zero attached hydrogens (tertiary/aromatic N) is 1. The number of aliphatic carboxylic acids is 1. The molecule has 0 bridgehead atoms. The van der Waals surface area contributed by atoms with Gasteiger partial charge in [0.1, 0.15) is 11.9 Å². The van der Waals surface area contributed by atoms with E-state index in [0.29, 0.717) is 12.2 Å². The first kappa shape index (κ1) is 15.3. The van der Waals surface area contributed by atoms with Crippen LogP contribution >= 0.6 is 0 Å². The molecule has 0 aliphatic carbocycles. The maximum Gasteiger partial charge on any atom is 0.326 e. The van der Waals surface area contributed by atoms with Crippen LogP contribution in [0.1, 0.15) is 37.0 Å². The van der Waals surface area contributed by atoms with Gasteiger partial charge in [-0.3, -0.25) is 4.79 Å². The highest BCUT2D eigenvalue weighted by molar-refractivity contribution is 5.99. The molecule has 1 saturated heterocycles. The minimum absolute atomic E-state index is 0.0129. The van der Waals surface area contributed by atoms with Crippen LogP contribution < -0.4 is 10.6 Å². The molecule has 0 aromatic heterocycles. The SMILES string of the molecule is CC1(C)CCCN(c2ccc(F)cc2C(N)=O)C1C(=O)O. The third-order valence-corrected chi connectivity index (χ3v) is 4.04. The predicted octanol–water partition coefficient (Wildman–Crippen LogP) is 2.00. The van der Waals surface area contributed by atoms with Crippen molar-refractivity contribution >= 4 is 17.6 Å². The van der Waals surface area contributed by atoms with E-state index in [0.717, 1.165) is 18.9 Å². The first-order valence-corrected chi connectivity index (χ1v) is 6.83. The van der Waals surface area contributed by atoms with Gasteiger partial charge in [0.2, 0.25) is 0 Å². The Morgan fingerprint density at radius 3 is 2.67 bits per heavy atom. The molecule has 1 aromatic carbocycles. The smallest absolute Gasteiger partial charge is 0.326 e. The molecule has 1 fully saturated rings. The van der Waals surface area contributed by atoms with E-state index in [1.165, 1.54) is 12.1 Å². The lowest BCUT2D eigenvalue weighted by Crippen LogP contribution is -2.54. The van der Waals surface area contributed by atoms with Gasteiger partial charge in [-0.25, -0.2) is 9.18 Å². The first-order valence-electron chi connectivity index (χ1n) is 6.83. The molecular formula is C15H19FN2O3. The number of carbonyl (C=O) groups excluding carboxylic acids is 1. The number of amides is 1. The zero-order valence-corrected chi connectivity index (χ0v) is 12.1. The fourth-order valence-electron chi connectivity index (χ4n) is 3.08. The third kappa shape index (κ3) is 2.84. The fourth-order valence-corrected chi connectivity index (χ4v) is 3.08. The third-order valence-electron chi connectivity index (χ3n) is 4.04. The molecule has 21 heavy (non-hydrogen) atoms. The van der Waals surface area contributed by atoms with Gasteiger partial charge in [0.05, 0.1) is 11.3 Å². The quantitative estimate of drug-likeness (QED) is 0.893. The van der Waals surface area contributed by atoms with Crippen molar-refractivity contribution in [3.05, 3.63) is 29.6 Å². The van der Waals surface area contributed by atoms with Crippen molar-refractivity contribution in [3.8, 4) is 0 Å². The van der Waals surface area contributed by atoms with Crippen molar-refractivity contribution < 1.29 is 19.1 Å². The average molecular weight is 294 g/mol. The fraction of sp³-hybridized carbons (Fsp3) is 0.467. The number of piperidine rings is 1. The molecule has 0 spiro atoms. The second-order valence-corrected chi connectivity index (χ2v) is 6.05. The van der Waals surface area contributed by atoms with Crippen molar-refractivity contribution in [2.24, 2.45) is 11.1 Å². The molecule has 114 valence electrons. The average Bonchev–Trinajstić information content (AvgIpc) is 2.36. The molecule has 2 rings (SSSR count). The molecule has 1 aromatic rings. The highest BCUT2D eigenvalue weighted by Crippen LogP contribution is 2.39. The van der Waals surface area contributed by atoms with Gasteiger partial charge < -0.3 is 15.7 Å². The van der Waals surface area contributed by atoms with Gasteiger partial charge in [-0.2, -0.15) is 0 Å². The first-order chi connectivity index (χ1) is 9.74. The number of anilines is 1. The zero-order valence-electron chi connectivity index (χ0n) is 12.1. The molecule has 0 saturated carbocycles. The van der Waals surface area contributed by atoms with Gasteiger partial charge in [-0.05, 0) is 36.5 Å². The molecule has 1 aliphatic heterocycles. The number of rotatable bonds is 3. The number of benzene rings is 1. The number of nitrogens with two attached hydrogens (primary N) is 1. The summed E-state index contributed by atoms with van der Waals surface area (Å²) in [6.45, 7) is 4.25. The number of carboxylic acids is 1. The molecule has 1 heterocycles. The molecule has 1 unspecified atom stereocenters. The molecule has 1 aliphatic rings. The van der Waals surface area contributed by atoms with E-state index in [-0.39, 0.29) is 5.56 Å². The summed E-state index contributed by atoms with van der Waals surface area (Å²) in [6.07, 6.45) is 1.57. The van der Waals surface area contributed by atoms with Crippen LogP contribution in [0.3, 0.4) is 0 Å². The minimum Gasteiger partial charge on any atom is -0.480 e. The summed E-state index contributed by atoms with van der Waals surface area (Å²) >= 11 is 0. The van der Waals surface area contributed by atoms with Gasteiger partial charge in [-0.1, -0.05) is 13.8 Å². The Labute approximate surface area is 122 Å². The van der Waals surface area contributed by atoms with Gasteiger partial charge in [0, 0.05) is 6.54 Å². The minimum atomic E-state index is -0.959. The van der Waals surface area contributed by atoms with Crippen molar-refractivity contribution in [2.45, 2.75) is 32.7 Å². The summed E-state index contributed by atoms with van der Waals surface area (Å²) in [7, 11) is 0. The zero-order chi connectivity index (χ0) is 15.8. The number of halogens is 1. The van der Waals surface area contributed by atoms with E-state index in [1.54, 1.807) is 4.90 Å². The number of carboxylic acid groups (broad SMARTS) is 1. The van der Waals surface area contributed by atoms with Crippen LogP contribution in [0.2, 0.25) is 0 Å². The second-order valence-electron chi connectivity index (χ2n) is 6.05. The van der Waals surface area contributed by atoms with E-state index in [4.69, 9.17) is 5.73 Å². The largest absolute Gasteiger partial charge is 0.480 e. The Balaban J connectivity index is 2.53. The lowest BCUT2D eigenvalue weighted by atomic mass is 9.76. The van der Waals surface area contributed by atoms with Crippen LogP contribution in [-0.4, -0.2) is 29.6 Å². The summed E-state index contributed by atoms with van der Waals surface area (Å²) in [5, 5.41) is 9.56. The van der Waals surface area contributed by atoms with Crippen molar-refractivity contribution in [2.75, 3.05) is 11.4 Å². The van der Waals surface area contributed by atoms with E-state index in [2.05, 4.69) is 0 Å². The van der Waals surface area contributed by atoms with Crippen LogP contribution in [0.15, 0.2) is 18.2 Å². The Kier molecular flexibility index (Phi) is 3.89. The Hall–Kier alpha value is -2.11. The Bertz CT molecular complexity index is 586. The lowest BCUT2D eigenvalue weighted by molar-refractivity contribution is -0.142. The normalized spacial score (nSPS) is 21.1. The maximum atomic E-state index is 13.3. The van der Waals surface area contributed by atoms with Crippen LogP contribution in [-0.2, 0) is 4.79 Å². The summed E-state index contributed by atoms with van der Waals surface area (Å²) in [6, 6.07) is 2.91. The van der Waals surface area contributed by atoms with Crippen LogP contribution in [0.4, 0.5) is 10.1 Å². The van der Waals surface area contributed by atoms with E-state index in [1.807, 2.05) is 13.8 Å². The predicted molar refractivity (Wildman–Crippen MR) is 76.7 cm³/mol. The van der Waals surface area contributed by atoms with Gasteiger partial charge in [-0.15, -0.1) is 0 Å². The Morgan fingerprint density at radius 1 is 1.43 bits per heavy atom. The van der Waals surface area contributed by atoms with Crippen LogP contribution in [0, 0.1) is 11.2 Å². The maximum absolute atomic E-state index is 13.3. The lowest BCUT2D eigenvalue weighted by Gasteiger charge is -2.45. The van der Waals surface area contributed by atoms with Crippen LogP contribution in [0.25, 0.3) is 0 Å².